The van der Waals surface area contributed by atoms with E-state index in [4.69, 9.17) is 9.47 Å². The van der Waals surface area contributed by atoms with Gasteiger partial charge in [-0.25, -0.2) is 4.79 Å². The third-order valence-electron chi connectivity index (χ3n) is 11.2. The lowest BCUT2D eigenvalue weighted by molar-refractivity contribution is -0.181. The first-order valence-electron chi connectivity index (χ1n) is 15.9. The van der Waals surface area contributed by atoms with Crippen molar-refractivity contribution in [2.24, 2.45) is 28.6 Å². The number of hydrogen-bond acceptors (Lipinski definition) is 10. The smallest absolute Gasteiger partial charge is 0.328 e. The number of ketones is 2. The molecule has 0 heterocycles. The molecule has 1 amide bonds. The zero-order valence-corrected chi connectivity index (χ0v) is 26.5. The highest BCUT2D eigenvalue weighted by Gasteiger charge is 2.68. The van der Waals surface area contributed by atoms with Crippen LogP contribution in [0.2, 0.25) is 0 Å². The molecule has 1 aromatic carbocycles. The highest BCUT2D eigenvalue weighted by molar-refractivity contribution is 6.01. The lowest BCUT2D eigenvalue weighted by Crippen LogP contribution is -2.61. The minimum absolute atomic E-state index is 0.0389. The first-order valence-corrected chi connectivity index (χ1v) is 15.9. The Morgan fingerprint density at radius 2 is 1.80 bits per heavy atom. The number of Topliss-reactive ketones (excluding diaryl/α,β-unsaturated/α-hetero) is 1. The van der Waals surface area contributed by atoms with Crippen LogP contribution in [0.25, 0.3) is 0 Å². The number of aliphatic hydroxyl groups is 2. The van der Waals surface area contributed by atoms with Crippen molar-refractivity contribution in [2.45, 2.75) is 83.0 Å². The average Bonchev–Trinajstić information content (AvgIpc) is 3.29. The van der Waals surface area contributed by atoms with Gasteiger partial charge in [0, 0.05) is 29.6 Å². The molecule has 0 aromatic heterocycles. The van der Waals surface area contributed by atoms with Crippen LogP contribution in [0.4, 0.5) is 0 Å². The molecule has 3 saturated carbocycles. The van der Waals surface area contributed by atoms with Crippen LogP contribution in [0, 0.1) is 28.6 Å². The Balaban J connectivity index is 1.16. The Morgan fingerprint density at radius 1 is 1.09 bits per heavy atom. The van der Waals surface area contributed by atoms with Gasteiger partial charge in [-0.1, -0.05) is 37.6 Å². The van der Waals surface area contributed by atoms with Gasteiger partial charge in [-0.15, -0.1) is 0 Å². The molecule has 0 spiro atoms. The molecular formula is C35H43NO10. The molecule has 0 bridgehead atoms. The third-order valence-corrected chi connectivity index (χ3v) is 11.2. The summed E-state index contributed by atoms with van der Waals surface area (Å²) in [4.78, 5) is 62.9. The molecule has 1 aromatic rings. The maximum atomic E-state index is 13.5. The van der Waals surface area contributed by atoms with Crippen LogP contribution in [0.15, 0.2) is 48.1 Å². The maximum Gasteiger partial charge on any atom is 0.328 e. The van der Waals surface area contributed by atoms with Crippen LogP contribution >= 0.6 is 0 Å². The fourth-order valence-electron chi connectivity index (χ4n) is 8.81. The summed E-state index contributed by atoms with van der Waals surface area (Å²) in [5.41, 5.74) is -1.49. The standard InChI is InChI=1S/C35H43NO10/c1-33-14-12-23(38)17-21(33)6-9-24-25-13-15-35(44,34(25,2)18-27(39)31(24)33)28(40)19-46-30(42)11-10-29(41)36-26(32(43)45-3)16-20-4-7-22(37)8-5-20/h4-5,7-8,12,14,17,24-27,31,37,39,44H,6,9-11,13,15-16,18-19H2,1-3H3,(H,36,41)/t24-,25-,26+,27-,31+,33-,34-,35+/m0/s1. The number of amides is 1. The van der Waals surface area contributed by atoms with E-state index in [1.54, 1.807) is 24.3 Å². The number of hydrogen-bond donors (Lipinski definition) is 4. The van der Waals surface area contributed by atoms with Crippen molar-refractivity contribution in [3.8, 4) is 5.75 Å². The van der Waals surface area contributed by atoms with E-state index in [9.17, 15) is 39.3 Å². The molecule has 0 saturated heterocycles. The average molecular weight is 638 g/mol. The van der Waals surface area contributed by atoms with Crippen molar-refractivity contribution in [3.05, 3.63) is 53.6 Å². The van der Waals surface area contributed by atoms with E-state index >= 15 is 0 Å². The molecule has 248 valence electrons. The number of ether oxygens (including phenoxy) is 2. The van der Waals surface area contributed by atoms with Gasteiger partial charge in [0.25, 0.3) is 0 Å². The molecule has 5 rings (SSSR count). The van der Waals surface area contributed by atoms with E-state index < -0.39 is 58.8 Å². The Labute approximate surface area is 268 Å². The summed E-state index contributed by atoms with van der Waals surface area (Å²) in [7, 11) is 1.19. The first-order chi connectivity index (χ1) is 21.7. The second kappa shape index (κ2) is 12.8. The van der Waals surface area contributed by atoms with Gasteiger partial charge < -0.3 is 30.1 Å². The van der Waals surface area contributed by atoms with E-state index in [1.807, 2.05) is 13.0 Å². The van der Waals surface area contributed by atoms with Gasteiger partial charge in [-0.3, -0.25) is 19.2 Å². The van der Waals surface area contributed by atoms with Crippen LogP contribution < -0.4 is 5.32 Å². The van der Waals surface area contributed by atoms with Gasteiger partial charge in [0.1, 0.15) is 17.4 Å². The summed E-state index contributed by atoms with van der Waals surface area (Å²) in [5.74, 6) is -2.83. The monoisotopic (exact) mass is 637 g/mol. The van der Waals surface area contributed by atoms with Gasteiger partial charge in [0.15, 0.2) is 12.4 Å². The lowest BCUT2D eigenvalue weighted by Gasteiger charge is -2.59. The molecule has 4 aliphatic carbocycles. The summed E-state index contributed by atoms with van der Waals surface area (Å²) in [6, 6.07) is 5.12. The van der Waals surface area contributed by atoms with Gasteiger partial charge in [-0.2, -0.15) is 0 Å². The van der Waals surface area contributed by atoms with Gasteiger partial charge >= 0.3 is 11.9 Å². The number of carbonyl (C=O) groups excluding carboxylic acids is 5. The van der Waals surface area contributed by atoms with Crippen molar-refractivity contribution in [3.63, 3.8) is 0 Å². The Kier molecular flexibility index (Phi) is 9.30. The number of carbonyl (C=O) groups is 5. The number of phenols is 1. The van der Waals surface area contributed by atoms with Crippen LogP contribution in [0.5, 0.6) is 5.75 Å². The zero-order chi connectivity index (χ0) is 33.4. The summed E-state index contributed by atoms with van der Waals surface area (Å²) in [5, 5.41) is 35.4. The van der Waals surface area contributed by atoms with Crippen molar-refractivity contribution in [1.82, 2.24) is 5.32 Å². The molecule has 0 unspecified atom stereocenters. The van der Waals surface area contributed by atoms with Crippen LogP contribution in [0.1, 0.15) is 64.4 Å². The number of allylic oxidation sites excluding steroid dienone is 4. The number of esters is 2. The first kappa shape index (κ1) is 33.5. The van der Waals surface area contributed by atoms with E-state index in [-0.39, 0.29) is 61.4 Å². The van der Waals surface area contributed by atoms with Gasteiger partial charge in [-0.05, 0) is 73.8 Å². The zero-order valence-electron chi connectivity index (χ0n) is 26.5. The molecule has 4 N–H and O–H groups in total. The number of nitrogens with one attached hydrogen (secondary N) is 1. The van der Waals surface area contributed by atoms with Crippen molar-refractivity contribution in [1.29, 1.82) is 0 Å². The molecule has 11 nitrogen and oxygen atoms in total. The third kappa shape index (κ3) is 6.02. The Morgan fingerprint density at radius 3 is 2.50 bits per heavy atom. The molecule has 11 heteroatoms. The summed E-state index contributed by atoms with van der Waals surface area (Å²) >= 11 is 0. The molecular weight excluding hydrogens is 594 g/mol. The Hall–Kier alpha value is -3.83. The number of benzene rings is 1. The predicted molar refractivity (Wildman–Crippen MR) is 164 cm³/mol. The Bertz CT molecular complexity index is 1470. The topological polar surface area (TPSA) is 177 Å². The fourth-order valence-corrected chi connectivity index (χ4v) is 8.81. The minimum Gasteiger partial charge on any atom is -0.508 e. The number of methoxy groups -OCH3 is 1. The molecule has 46 heavy (non-hydrogen) atoms. The van der Waals surface area contributed by atoms with E-state index in [0.717, 1.165) is 12.0 Å². The molecule has 0 radical (unpaired) electrons. The highest BCUT2D eigenvalue weighted by Crippen LogP contribution is 2.67. The van der Waals surface area contributed by atoms with Gasteiger partial charge in [0.05, 0.1) is 19.6 Å². The van der Waals surface area contributed by atoms with Crippen LogP contribution in [-0.2, 0) is 39.9 Å². The number of rotatable bonds is 10. The largest absolute Gasteiger partial charge is 0.508 e. The second-order valence-corrected chi connectivity index (χ2v) is 13.7. The van der Waals surface area contributed by atoms with Crippen molar-refractivity contribution < 1.29 is 48.8 Å². The van der Waals surface area contributed by atoms with Crippen LogP contribution in [0.3, 0.4) is 0 Å². The summed E-state index contributed by atoms with van der Waals surface area (Å²) in [6.45, 7) is 3.24. The molecule has 4 aliphatic rings. The SMILES string of the molecule is COC(=O)[C@@H](Cc1ccc(O)cc1)NC(=O)CCC(=O)OCC(=O)[C@]1(O)CC[C@H]2[C@@H]3CCC4=CC(=O)C=C[C@]4(C)[C@H]3[C@@H](O)C[C@@]21C. The second-order valence-electron chi connectivity index (χ2n) is 13.7. The minimum atomic E-state index is -1.79. The molecule has 8 atom stereocenters. The van der Waals surface area contributed by atoms with Crippen molar-refractivity contribution >= 4 is 29.4 Å². The normalized spacial score (nSPS) is 33.5. The predicted octanol–water partition coefficient (Wildman–Crippen LogP) is 2.49. The summed E-state index contributed by atoms with van der Waals surface area (Å²) < 4.78 is 10.00. The van der Waals surface area contributed by atoms with Crippen LogP contribution in [-0.4, -0.2) is 76.2 Å². The van der Waals surface area contributed by atoms with E-state index in [1.165, 1.54) is 19.2 Å². The highest BCUT2D eigenvalue weighted by atomic mass is 16.5. The van der Waals surface area contributed by atoms with Crippen molar-refractivity contribution in [2.75, 3.05) is 13.7 Å². The quantitative estimate of drug-likeness (QED) is 0.279. The maximum absolute atomic E-state index is 13.5. The summed E-state index contributed by atoms with van der Waals surface area (Å²) in [6.07, 6.45) is 6.24. The number of aromatic hydroxyl groups is 1. The van der Waals surface area contributed by atoms with E-state index in [2.05, 4.69) is 12.2 Å². The lowest BCUT2D eigenvalue weighted by atomic mass is 9.46. The number of phenolic OH excluding ortho intramolecular Hbond substituents is 1. The van der Waals surface area contributed by atoms with Gasteiger partial charge in [0.2, 0.25) is 11.7 Å². The fraction of sp³-hybridized carbons (Fsp3) is 0.571. The van der Waals surface area contributed by atoms with E-state index in [0.29, 0.717) is 18.4 Å². The number of fused-ring (bicyclic) bond motifs is 5. The molecule has 0 aliphatic heterocycles. The number of aliphatic hydroxyl groups excluding tert-OH is 1. The molecule has 3 fully saturated rings.